The Balaban J connectivity index is 0.723. The first-order chi connectivity index (χ1) is 31.1. The standard InChI is InChI=1S/C44H44FN13O5S/c1-52-35-24-30(6-7-31(35)40(51-52)57-12-8-36(59)49-44(57)63)55-15-13-53(14-16-55)26-37(60)56-19-17-54(18-20-56)29-4-2-27(3-5-29)28-22-32-33(34(45)23-28)25-58(42(32)62)38(39-46-9-10-47-39)41(61)50-43-48-11-21-64-43/h2-7,9-11,21-24,38H,8,12-20,25-26H2,1H3,(H,46,47)(H,48,50,61)(H,49,59,63). The summed E-state index contributed by atoms with van der Waals surface area (Å²) in [6.45, 7) is 6.08. The molecule has 4 aliphatic heterocycles. The second kappa shape index (κ2) is 16.8. The molecule has 0 spiro atoms. The number of nitrogens with zero attached hydrogens (tertiary/aromatic N) is 10. The molecule has 3 N–H and O–H groups in total. The molecule has 20 heteroatoms. The van der Waals surface area contributed by atoms with Gasteiger partial charge in [0.15, 0.2) is 17.0 Å². The Morgan fingerprint density at radius 3 is 2.33 bits per heavy atom. The number of amides is 6. The number of fused-ring (bicyclic) bond motifs is 2. The summed E-state index contributed by atoms with van der Waals surface area (Å²) in [7, 11) is 1.84. The highest BCUT2D eigenvalue weighted by atomic mass is 32.1. The predicted molar refractivity (Wildman–Crippen MR) is 237 cm³/mol. The van der Waals surface area contributed by atoms with Gasteiger partial charge in [0, 0.05) is 124 Å². The lowest BCUT2D eigenvalue weighted by atomic mass is 9.99. The third-order valence-electron chi connectivity index (χ3n) is 12.4. The quantitative estimate of drug-likeness (QED) is 0.182. The van der Waals surface area contributed by atoms with Crippen LogP contribution in [0.15, 0.2) is 78.6 Å². The van der Waals surface area contributed by atoms with Crippen molar-refractivity contribution in [1.82, 2.24) is 44.7 Å². The first kappa shape index (κ1) is 40.9. The van der Waals surface area contributed by atoms with Crippen LogP contribution < -0.4 is 25.3 Å². The summed E-state index contributed by atoms with van der Waals surface area (Å²) < 4.78 is 17.5. The number of imidazole rings is 1. The number of imide groups is 1. The van der Waals surface area contributed by atoms with E-state index in [-0.39, 0.29) is 48.3 Å². The molecule has 0 saturated carbocycles. The van der Waals surface area contributed by atoms with Crippen LogP contribution >= 0.6 is 11.3 Å². The van der Waals surface area contributed by atoms with Crippen molar-refractivity contribution in [3.63, 3.8) is 0 Å². The molecule has 0 aliphatic carbocycles. The molecule has 3 fully saturated rings. The monoisotopic (exact) mass is 885 g/mol. The number of H-pyrrole nitrogens is 1. The largest absolute Gasteiger partial charge is 0.369 e. The van der Waals surface area contributed by atoms with E-state index < -0.39 is 29.7 Å². The number of hydrogen-bond acceptors (Lipinski definition) is 12. The summed E-state index contributed by atoms with van der Waals surface area (Å²) in [6.07, 6.45) is 4.85. The molecule has 18 nitrogen and oxygen atoms in total. The van der Waals surface area contributed by atoms with Crippen LogP contribution in [0.1, 0.15) is 34.2 Å². The smallest absolute Gasteiger partial charge is 0.329 e. The van der Waals surface area contributed by atoms with E-state index in [1.54, 1.807) is 28.5 Å². The molecule has 7 heterocycles. The summed E-state index contributed by atoms with van der Waals surface area (Å²) in [6, 6.07) is 15.4. The van der Waals surface area contributed by atoms with Gasteiger partial charge in [0.05, 0.1) is 18.6 Å². The molecule has 64 heavy (non-hydrogen) atoms. The van der Waals surface area contributed by atoms with Gasteiger partial charge in [0.2, 0.25) is 11.8 Å². The van der Waals surface area contributed by atoms with Gasteiger partial charge < -0.3 is 24.6 Å². The van der Waals surface area contributed by atoms with Crippen molar-refractivity contribution in [3.05, 3.63) is 101 Å². The van der Waals surface area contributed by atoms with Crippen LogP contribution in [0, 0.1) is 5.82 Å². The zero-order valence-corrected chi connectivity index (χ0v) is 35.7. The van der Waals surface area contributed by atoms with Crippen molar-refractivity contribution in [3.8, 4) is 11.1 Å². The zero-order chi connectivity index (χ0) is 44.1. The SMILES string of the molecule is Cn1nc(N2CCC(=O)NC2=O)c2ccc(N3CCN(CC(=O)N4CCN(c5ccc(-c6cc(F)c7c(c6)C(=O)N(C(C(=O)Nc6nccs6)c6ncc[nH]6)C7)cc5)CC4)CC3)cc21. The van der Waals surface area contributed by atoms with E-state index in [9.17, 15) is 24.0 Å². The number of carbonyl (C=O) groups excluding carboxylic acids is 5. The average Bonchev–Trinajstić information content (AvgIpc) is 4.14. The third kappa shape index (κ3) is 7.78. The number of rotatable bonds is 10. The van der Waals surface area contributed by atoms with Gasteiger partial charge in [-0.2, -0.15) is 5.10 Å². The Labute approximate surface area is 370 Å². The maximum absolute atomic E-state index is 15.8. The molecule has 3 saturated heterocycles. The Morgan fingerprint density at radius 2 is 1.61 bits per heavy atom. The highest BCUT2D eigenvalue weighted by molar-refractivity contribution is 7.13. The number of thiazole rings is 1. The molecule has 0 radical (unpaired) electrons. The lowest BCUT2D eigenvalue weighted by Gasteiger charge is -2.39. The molecule has 4 aliphatic rings. The molecular formula is C44H44FN13O5S. The number of anilines is 4. The third-order valence-corrected chi connectivity index (χ3v) is 13.1. The van der Waals surface area contributed by atoms with E-state index in [1.165, 1.54) is 33.4 Å². The molecule has 328 valence electrons. The minimum Gasteiger partial charge on any atom is -0.369 e. The van der Waals surface area contributed by atoms with Gasteiger partial charge in [0.1, 0.15) is 11.6 Å². The van der Waals surface area contributed by atoms with Gasteiger partial charge in [-0.15, -0.1) is 11.3 Å². The van der Waals surface area contributed by atoms with Crippen molar-refractivity contribution in [2.75, 3.05) is 85.5 Å². The number of aryl methyl sites for hydroxylation is 1. The van der Waals surface area contributed by atoms with Crippen LogP contribution in [0.5, 0.6) is 0 Å². The van der Waals surface area contributed by atoms with E-state index in [0.29, 0.717) is 49.2 Å². The van der Waals surface area contributed by atoms with Gasteiger partial charge in [-0.25, -0.2) is 19.2 Å². The second-order valence-electron chi connectivity index (χ2n) is 16.2. The number of halogens is 1. The highest BCUT2D eigenvalue weighted by Crippen LogP contribution is 2.37. The van der Waals surface area contributed by atoms with Gasteiger partial charge in [-0.05, 0) is 53.6 Å². The van der Waals surface area contributed by atoms with E-state index in [1.807, 2.05) is 48.3 Å². The molecule has 10 rings (SSSR count). The fourth-order valence-electron chi connectivity index (χ4n) is 8.98. The van der Waals surface area contributed by atoms with Gasteiger partial charge >= 0.3 is 6.03 Å². The van der Waals surface area contributed by atoms with Gasteiger partial charge in [-0.3, -0.25) is 44.3 Å². The van der Waals surface area contributed by atoms with Crippen molar-refractivity contribution in [2.24, 2.45) is 7.05 Å². The number of piperazine rings is 2. The first-order valence-corrected chi connectivity index (χ1v) is 22.0. The van der Waals surface area contributed by atoms with E-state index >= 15 is 4.39 Å². The van der Waals surface area contributed by atoms with Crippen molar-refractivity contribution in [1.29, 1.82) is 0 Å². The maximum Gasteiger partial charge on any atom is 0.329 e. The number of nitrogens with one attached hydrogen (secondary N) is 3. The summed E-state index contributed by atoms with van der Waals surface area (Å²) in [5.74, 6) is -0.900. The van der Waals surface area contributed by atoms with Crippen molar-refractivity contribution < 1.29 is 28.4 Å². The zero-order valence-electron chi connectivity index (χ0n) is 34.9. The maximum atomic E-state index is 15.8. The van der Waals surface area contributed by atoms with Gasteiger partial charge in [0.25, 0.3) is 11.8 Å². The van der Waals surface area contributed by atoms with E-state index in [4.69, 9.17) is 0 Å². The minimum atomic E-state index is -1.13. The molecule has 3 aromatic carbocycles. The van der Waals surface area contributed by atoms with Gasteiger partial charge in [-0.1, -0.05) is 12.1 Å². The molecule has 0 bridgehead atoms. The lowest BCUT2D eigenvalue weighted by Crippen LogP contribution is -2.54. The molecule has 6 aromatic rings. The number of urea groups is 1. The fourth-order valence-corrected chi connectivity index (χ4v) is 9.51. The topological polar surface area (TPSA) is 188 Å². The number of aromatic amines is 1. The highest BCUT2D eigenvalue weighted by Gasteiger charge is 2.41. The number of carbonyl (C=O) groups is 5. The normalized spacial score (nSPS) is 17.6. The van der Waals surface area contributed by atoms with Crippen molar-refractivity contribution >= 4 is 74.2 Å². The number of aromatic nitrogens is 5. The molecule has 3 aromatic heterocycles. The molecule has 1 atom stereocenters. The van der Waals surface area contributed by atoms with Crippen LogP contribution in [0.25, 0.3) is 22.0 Å². The summed E-state index contributed by atoms with van der Waals surface area (Å²) in [5, 5.41) is 12.7. The van der Waals surface area contributed by atoms with Crippen LogP contribution in [0.3, 0.4) is 0 Å². The second-order valence-corrected chi connectivity index (χ2v) is 17.1. The van der Waals surface area contributed by atoms with E-state index in [0.717, 1.165) is 54.0 Å². The minimum absolute atomic E-state index is 0.0943. The Bertz CT molecular complexity index is 2760. The summed E-state index contributed by atoms with van der Waals surface area (Å²) in [5.41, 5.74) is 4.62. The summed E-state index contributed by atoms with van der Waals surface area (Å²) in [4.78, 5) is 87.7. The number of hydrogen-bond donors (Lipinski definition) is 3. The van der Waals surface area contributed by atoms with Crippen LogP contribution in [-0.4, -0.2) is 135 Å². The van der Waals surface area contributed by atoms with Crippen LogP contribution in [0.2, 0.25) is 0 Å². The Morgan fingerprint density at radius 1 is 0.859 bits per heavy atom. The predicted octanol–water partition coefficient (Wildman–Crippen LogP) is 3.81. The lowest BCUT2D eigenvalue weighted by molar-refractivity contribution is -0.132. The average molecular weight is 886 g/mol. The first-order valence-electron chi connectivity index (χ1n) is 21.1. The van der Waals surface area contributed by atoms with Crippen molar-refractivity contribution in [2.45, 2.75) is 19.0 Å². The van der Waals surface area contributed by atoms with E-state index in [2.05, 4.69) is 51.5 Å². The van der Waals surface area contributed by atoms with Crippen LogP contribution in [0.4, 0.5) is 31.5 Å². The molecule has 1 unspecified atom stereocenters. The Hall–Kier alpha value is -7.19. The Kier molecular flexibility index (Phi) is 10.7. The fraction of sp³-hybridized carbons (Fsp3) is 0.318. The number of benzene rings is 3. The molecule has 6 amide bonds. The molecular weight excluding hydrogens is 842 g/mol. The summed E-state index contributed by atoms with van der Waals surface area (Å²) >= 11 is 1.25. The van der Waals surface area contributed by atoms with Crippen LogP contribution in [-0.2, 0) is 28.0 Å².